The van der Waals surface area contributed by atoms with Crippen molar-refractivity contribution < 1.29 is 13.9 Å². The van der Waals surface area contributed by atoms with Crippen LogP contribution in [0.4, 0.5) is 8.78 Å². The van der Waals surface area contributed by atoms with Gasteiger partial charge in [0.25, 0.3) is 0 Å². The summed E-state index contributed by atoms with van der Waals surface area (Å²) < 4.78 is 26.8. The van der Waals surface area contributed by atoms with E-state index in [4.69, 9.17) is 0 Å². The number of rotatable bonds is 3. The van der Waals surface area contributed by atoms with Crippen LogP contribution in [0.1, 0.15) is 18.4 Å². The normalized spacial score (nSPS) is 25.1. The summed E-state index contributed by atoms with van der Waals surface area (Å²) in [5.74, 6) is -1.36. The van der Waals surface area contributed by atoms with E-state index in [9.17, 15) is 13.9 Å². The molecule has 1 aliphatic carbocycles. The molecule has 1 heterocycles. The molecule has 2 aliphatic rings. The molecule has 1 saturated heterocycles. The Morgan fingerprint density at radius 2 is 2.05 bits per heavy atom. The Bertz CT molecular complexity index is 595. The summed E-state index contributed by atoms with van der Waals surface area (Å²) in [6.07, 6.45) is 9.17. The van der Waals surface area contributed by atoms with Crippen LogP contribution in [0.25, 0.3) is 0 Å². The van der Waals surface area contributed by atoms with E-state index < -0.39 is 17.4 Å². The van der Waals surface area contributed by atoms with Crippen molar-refractivity contribution in [2.75, 3.05) is 13.1 Å². The van der Waals surface area contributed by atoms with Crippen molar-refractivity contribution in [2.24, 2.45) is 11.8 Å². The Balaban J connectivity index is 1.81. The topological polar surface area (TPSA) is 32.3 Å². The minimum absolute atomic E-state index is 0.242. The largest absolute Gasteiger partial charge is 0.505 e. The lowest BCUT2D eigenvalue weighted by atomic mass is 9.82. The molecule has 2 atom stereocenters. The molecule has 1 aliphatic heterocycles. The number of allylic oxidation sites excluding steroid dienone is 3. The van der Waals surface area contributed by atoms with Gasteiger partial charge in [0.2, 0.25) is 0 Å². The standard InChI is InChI=1S/C17H19F2NO/c18-14-7-12(17(21)16(19)8-14)6-13-9-20-10-15(13)11-4-2-1-3-5-11/h2,4-5,7-8,13,15,20-21H,1,3,6,9-10H2/t13-,15+/m1/s1. The first-order valence-electron chi connectivity index (χ1n) is 7.39. The molecule has 0 aromatic heterocycles. The number of aromatic hydroxyl groups is 1. The predicted molar refractivity (Wildman–Crippen MR) is 78.0 cm³/mol. The highest BCUT2D eigenvalue weighted by molar-refractivity contribution is 5.36. The first-order chi connectivity index (χ1) is 10.1. The zero-order valence-corrected chi connectivity index (χ0v) is 11.8. The summed E-state index contributed by atoms with van der Waals surface area (Å²) in [4.78, 5) is 0. The number of benzene rings is 1. The molecule has 1 aromatic carbocycles. The van der Waals surface area contributed by atoms with Crippen molar-refractivity contribution in [3.05, 3.63) is 53.1 Å². The fourth-order valence-electron chi connectivity index (χ4n) is 3.30. The van der Waals surface area contributed by atoms with Gasteiger partial charge in [-0.2, -0.15) is 0 Å². The molecule has 0 amide bonds. The molecule has 1 aromatic rings. The summed E-state index contributed by atoms with van der Waals surface area (Å²) in [6, 6.07) is 1.95. The highest BCUT2D eigenvalue weighted by Crippen LogP contribution is 2.33. The summed E-state index contributed by atoms with van der Waals surface area (Å²) >= 11 is 0. The first kappa shape index (κ1) is 14.3. The number of phenolic OH excluding ortho intramolecular Hbond substituents is 1. The summed E-state index contributed by atoms with van der Waals surface area (Å²) in [6.45, 7) is 1.67. The second-order valence-electron chi connectivity index (χ2n) is 5.81. The Labute approximate surface area is 123 Å². The lowest BCUT2D eigenvalue weighted by molar-refractivity contribution is 0.406. The zero-order chi connectivity index (χ0) is 14.8. The van der Waals surface area contributed by atoms with Gasteiger partial charge in [-0.1, -0.05) is 18.2 Å². The van der Waals surface area contributed by atoms with Crippen molar-refractivity contribution in [2.45, 2.75) is 19.3 Å². The molecular weight excluding hydrogens is 272 g/mol. The van der Waals surface area contributed by atoms with E-state index in [1.54, 1.807) is 0 Å². The van der Waals surface area contributed by atoms with Gasteiger partial charge >= 0.3 is 0 Å². The number of nitrogens with one attached hydrogen (secondary N) is 1. The van der Waals surface area contributed by atoms with Gasteiger partial charge in [0.05, 0.1) is 0 Å². The summed E-state index contributed by atoms with van der Waals surface area (Å²) in [7, 11) is 0. The molecule has 2 nitrogen and oxygen atoms in total. The average molecular weight is 291 g/mol. The van der Waals surface area contributed by atoms with Crippen molar-refractivity contribution in [3.63, 3.8) is 0 Å². The third-order valence-corrected chi connectivity index (χ3v) is 4.38. The lowest BCUT2D eigenvalue weighted by Gasteiger charge is -2.22. The third-order valence-electron chi connectivity index (χ3n) is 4.38. The van der Waals surface area contributed by atoms with Crippen molar-refractivity contribution >= 4 is 0 Å². The van der Waals surface area contributed by atoms with Gasteiger partial charge in [-0.25, -0.2) is 8.78 Å². The monoisotopic (exact) mass is 291 g/mol. The molecule has 0 bridgehead atoms. The van der Waals surface area contributed by atoms with Crippen molar-refractivity contribution in [3.8, 4) is 5.75 Å². The second kappa shape index (κ2) is 5.98. The van der Waals surface area contributed by atoms with Gasteiger partial charge in [0, 0.05) is 24.1 Å². The number of hydrogen-bond acceptors (Lipinski definition) is 2. The van der Waals surface area contributed by atoms with Gasteiger partial charge in [-0.05, 0) is 43.4 Å². The molecule has 0 radical (unpaired) electrons. The van der Waals surface area contributed by atoms with E-state index in [2.05, 4.69) is 23.5 Å². The van der Waals surface area contributed by atoms with E-state index in [-0.39, 0.29) is 5.92 Å². The molecule has 21 heavy (non-hydrogen) atoms. The molecular formula is C17H19F2NO. The van der Waals surface area contributed by atoms with E-state index in [0.29, 0.717) is 17.9 Å². The van der Waals surface area contributed by atoms with Gasteiger partial charge in [0.1, 0.15) is 5.82 Å². The molecule has 0 spiro atoms. The van der Waals surface area contributed by atoms with E-state index in [1.807, 2.05) is 0 Å². The molecule has 112 valence electrons. The first-order valence-corrected chi connectivity index (χ1v) is 7.39. The second-order valence-corrected chi connectivity index (χ2v) is 5.81. The fourth-order valence-corrected chi connectivity index (χ4v) is 3.30. The number of halogens is 2. The SMILES string of the molecule is Oc1c(F)cc(F)cc1C[C@@H]1CNC[C@H]1C1=CCCC=C1. The molecule has 0 unspecified atom stereocenters. The number of phenols is 1. The zero-order valence-electron chi connectivity index (χ0n) is 11.8. The van der Waals surface area contributed by atoms with Gasteiger partial charge in [-0.15, -0.1) is 0 Å². The fraction of sp³-hybridized carbons (Fsp3) is 0.412. The maximum Gasteiger partial charge on any atom is 0.168 e. The van der Waals surface area contributed by atoms with E-state index in [0.717, 1.165) is 32.0 Å². The van der Waals surface area contributed by atoms with Crippen LogP contribution in [0.15, 0.2) is 35.9 Å². The van der Waals surface area contributed by atoms with Gasteiger partial charge in [-0.3, -0.25) is 0 Å². The van der Waals surface area contributed by atoms with E-state index >= 15 is 0 Å². The van der Waals surface area contributed by atoms with Crippen LogP contribution in [0, 0.1) is 23.5 Å². The maximum atomic E-state index is 13.4. The Hall–Kier alpha value is -1.68. The minimum Gasteiger partial charge on any atom is -0.505 e. The average Bonchev–Trinajstić information content (AvgIpc) is 2.93. The highest BCUT2D eigenvalue weighted by Gasteiger charge is 2.30. The Kier molecular flexibility index (Phi) is 4.06. The highest BCUT2D eigenvalue weighted by atomic mass is 19.1. The van der Waals surface area contributed by atoms with Crippen molar-refractivity contribution in [1.29, 1.82) is 0 Å². The Morgan fingerprint density at radius 3 is 2.81 bits per heavy atom. The maximum absolute atomic E-state index is 13.4. The summed E-state index contributed by atoms with van der Waals surface area (Å²) in [5, 5.41) is 13.1. The van der Waals surface area contributed by atoms with Crippen LogP contribution in [-0.4, -0.2) is 18.2 Å². The smallest absolute Gasteiger partial charge is 0.168 e. The number of hydrogen-bond donors (Lipinski definition) is 2. The summed E-state index contributed by atoms with van der Waals surface area (Å²) in [5.41, 5.74) is 1.65. The quantitative estimate of drug-likeness (QED) is 0.895. The van der Waals surface area contributed by atoms with Crippen LogP contribution in [0.5, 0.6) is 5.75 Å². The van der Waals surface area contributed by atoms with Gasteiger partial charge < -0.3 is 10.4 Å². The third kappa shape index (κ3) is 3.00. The molecule has 4 heteroatoms. The van der Waals surface area contributed by atoms with Crippen molar-refractivity contribution in [1.82, 2.24) is 5.32 Å². The van der Waals surface area contributed by atoms with Crippen LogP contribution < -0.4 is 5.32 Å². The predicted octanol–water partition coefficient (Wildman–Crippen LogP) is 3.32. The molecule has 3 rings (SSSR count). The van der Waals surface area contributed by atoms with Crippen LogP contribution in [0.2, 0.25) is 0 Å². The van der Waals surface area contributed by atoms with Crippen LogP contribution >= 0.6 is 0 Å². The van der Waals surface area contributed by atoms with E-state index in [1.165, 1.54) is 11.6 Å². The molecule has 2 N–H and O–H groups in total. The Morgan fingerprint density at radius 1 is 1.19 bits per heavy atom. The molecule has 1 fully saturated rings. The lowest BCUT2D eigenvalue weighted by Crippen LogP contribution is -2.17. The van der Waals surface area contributed by atoms with Crippen LogP contribution in [0.3, 0.4) is 0 Å². The minimum atomic E-state index is -0.885. The molecule has 0 saturated carbocycles. The van der Waals surface area contributed by atoms with Gasteiger partial charge in [0.15, 0.2) is 11.6 Å². The van der Waals surface area contributed by atoms with Crippen LogP contribution in [-0.2, 0) is 6.42 Å².